The van der Waals surface area contributed by atoms with Gasteiger partial charge in [0.1, 0.15) is 11.9 Å². The molecule has 2 rings (SSSR count). The number of rotatable bonds is 5. The van der Waals surface area contributed by atoms with Gasteiger partial charge in [-0.3, -0.25) is 0 Å². The molecule has 1 heterocycles. The second kappa shape index (κ2) is 5.56. The zero-order valence-corrected chi connectivity index (χ0v) is 10.7. The van der Waals surface area contributed by atoms with Crippen LogP contribution in [0.3, 0.4) is 0 Å². The number of para-hydroxylation sites is 1. The highest BCUT2D eigenvalue weighted by Gasteiger charge is 2.14. The molecular weight excluding hydrogens is 236 g/mol. The standard InChI is InChI=1S/C14H17ClO2/c1-2-3-4-8-12(16)13-9-10-6-5-7-11(15)14(10)17-13/h5-7,9,12,16H,2-4,8H2,1H3. The van der Waals surface area contributed by atoms with Crippen LogP contribution < -0.4 is 0 Å². The molecule has 0 amide bonds. The molecule has 92 valence electrons. The lowest BCUT2D eigenvalue weighted by atomic mass is 10.1. The maximum atomic E-state index is 10.0. The van der Waals surface area contributed by atoms with E-state index in [2.05, 4.69) is 6.92 Å². The maximum Gasteiger partial charge on any atom is 0.152 e. The predicted molar refractivity (Wildman–Crippen MR) is 70.3 cm³/mol. The summed E-state index contributed by atoms with van der Waals surface area (Å²) < 4.78 is 5.61. The van der Waals surface area contributed by atoms with Gasteiger partial charge in [-0.1, -0.05) is 49.9 Å². The van der Waals surface area contributed by atoms with Crippen molar-refractivity contribution in [1.82, 2.24) is 0 Å². The van der Waals surface area contributed by atoms with E-state index in [0.717, 1.165) is 31.1 Å². The summed E-state index contributed by atoms with van der Waals surface area (Å²) in [5.41, 5.74) is 0.665. The molecule has 2 nitrogen and oxygen atoms in total. The number of furan rings is 1. The van der Waals surface area contributed by atoms with Gasteiger partial charge >= 0.3 is 0 Å². The van der Waals surface area contributed by atoms with Crippen LogP contribution in [-0.2, 0) is 0 Å². The fraction of sp³-hybridized carbons (Fsp3) is 0.429. The molecule has 0 aliphatic heterocycles. The topological polar surface area (TPSA) is 33.4 Å². The molecule has 0 bridgehead atoms. The molecule has 0 saturated heterocycles. The molecule has 1 N–H and O–H groups in total. The highest BCUT2D eigenvalue weighted by Crippen LogP contribution is 2.30. The van der Waals surface area contributed by atoms with Gasteiger partial charge in [-0.15, -0.1) is 0 Å². The van der Waals surface area contributed by atoms with Crippen molar-refractivity contribution in [2.75, 3.05) is 0 Å². The summed E-state index contributed by atoms with van der Waals surface area (Å²) in [7, 11) is 0. The molecule has 17 heavy (non-hydrogen) atoms. The number of benzene rings is 1. The van der Waals surface area contributed by atoms with Crippen molar-refractivity contribution in [1.29, 1.82) is 0 Å². The minimum absolute atomic E-state index is 0.523. The first-order valence-electron chi connectivity index (χ1n) is 6.08. The van der Waals surface area contributed by atoms with E-state index < -0.39 is 6.10 Å². The van der Waals surface area contributed by atoms with E-state index in [4.69, 9.17) is 16.0 Å². The zero-order valence-electron chi connectivity index (χ0n) is 9.95. The third-order valence-electron chi connectivity index (χ3n) is 2.92. The number of halogens is 1. The first kappa shape index (κ1) is 12.5. The normalized spacial score (nSPS) is 13.1. The lowest BCUT2D eigenvalue weighted by Crippen LogP contribution is -1.94. The fourth-order valence-electron chi connectivity index (χ4n) is 1.94. The Labute approximate surface area is 106 Å². The number of unbranched alkanes of at least 4 members (excludes halogenated alkanes) is 2. The number of hydrogen-bond donors (Lipinski definition) is 1. The quantitative estimate of drug-likeness (QED) is 0.783. The van der Waals surface area contributed by atoms with E-state index in [1.165, 1.54) is 0 Å². The average molecular weight is 253 g/mol. The second-order valence-electron chi connectivity index (χ2n) is 4.32. The van der Waals surface area contributed by atoms with E-state index >= 15 is 0 Å². The SMILES string of the molecule is CCCCCC(O)c1cc2cccc(Cl)c2o1. The van der Waals surface area contributed by atoms with Gasteiger partial charge in [0.25, 0.3) is 0 Å². The van der Waals surface area contributed by atoms with Crippen LogP contribution in [0.15, 0.2) is 28.7 Å². The van der Waals surface area contributed by atoms with Crippen LogP contribution in [0, 0.1) is 0 Å². The minimum atomic E-state index is -0.523. The summed E-state index contributed by atoms with van der Waals surface area (Å²) in [4.78, 5) is 0. The third kappa shape index (κ3) is 2.82. The van der Waals surface area contributed by atoms with Gasteiger partial charge in [0.05, 0.1) is 5.02 Å². The number of hydrogen-bond acceptors (Lipinski definition) is 2. The molecule has 1 atom stereocenters. The molecule has 1 aromatic carbocycles. The fourth-order valence-corrected chi connectivity index (χ4v) is 2.16. The largest absolute Gasteiger partial charge is 0.457 e. The first-order chi connectivity index (χ1) is 8.22. The molecule has 0 fully saturated rings. The smallest absolute Gasteiger partial charge is 0.152 e. The Kier molecular flexibility index (Phi) is 4.08. The van der Waals surface area contributed by atoms with Crippen molar-refractivity contribution in [2.45, 2.75) is 38.7 Å². The van der Waals surface area contributed by atoms with Crippen LogP contribution in [0.1, 0.15) is 44.5 Å². The van der Waals surface area contributed by atoms with Crippen molar-refractivity contribution in [2.24, 2.45) is 0 Å². The van der Waals surface area contributed by atoms with Gasteiger partial charge in [0.2, 0.25) is 0 Å². The summed E-state index contributed by atoms with van der Waals surface area (Å²) in [6, 6.07) is 7.48. The highest BCUT2D eigenvalue weighted by atomic mass is 35.5. The van der Waals surface area contributed by atoms with Crippen molar-refractivity contribution >= 4 is 22.6 Å². The van der Waals surface area contributed by atoms with Crippen LogP contribution in [0.25, 0.3) is 11.0 Å². The highest BCUT2D eigenvalue weighted by molar-refractivity contribution is 6.34. The minimum Gasteiger partial charge on any atom is -0.457 e. The predicted octanol–water partition coefficient (Wildman–Crippen LogP) is 4.70. The van der Waals surface area contributed by atoms with Gasteiger partial charge < -0.3 is 9.52 Å². The van der Waals surface area contributed by atoms with Gasteiger partial charge in [0.15, 0.2) is 5.58 Å². The van der Waals surface area contributed by atoms with E-state index in [-0.39, 0.29) is 0 Å². The van der Waals surface area contributed by atoms with E-state index in [1.807, 2.05) is 18.2 Å². The first-order valence-corrected chi connectivity index (χ1v) is 6.46. The van der Waals surface area contributed by atoms with Gasteiger partial charge in [-0.25, -0.2) is 0 Å². The molecule has 0 spiro atoms. The summed E-state index contributed by atoms with van der Waals surface area (Å²) in [6.45, 7) is 2.15. The number of aliphatic hydroxyl groups excluding tert-OH is 1. The molecule has 0 aliphatic carbocycles. The molecule has 0 radical (unpaired) electrons. The maximum absolute atomic E-state index is 10.0. The van der Waals surface area contributed by atoms with E-state index in [9.17, 15) is 5.11 Å². The zero-order chi connectivity index (χ0) is 12.3. The molecule has 1 unspecified atom stereocenters. The lowest BCUT2D eigenvalue weighted by molar-refractivity contribution is 0.139. The van der Waals surface area contributed by atoms with Crippen LogP contribution in [0.4, 0.5) is 0 Å². The Morgan fingerprint density at radius 2 is 2.18 bits per heavy atom. The van der Waals surface area contributed by atoms with E-state index in [1.54, 1.807) is 6.07 Å². The van der Waals surface area contributed by atoms with E-state index in [0.29, 0.717) is 16.4 Å². The molecule has 3 heteroatoms. The molecule has 0 aliphatic rings. The van der Waals surface area contributed by atoms with Crippen molar-refractivity contribution < 1.29 is 9.52 Å². The van der Waals surface area contributed by atoms with Crippen LogP contribution in [0.2, 0.25) is 5.02 Å². The Balaban J connectivity index is 2.16. The Morgan fingerprint density at radius 3 is 2.88 bits per heavy atom. The molecule has 2 aromatic rings. The lowest BCUT2D eigenvalue weighted by Gasteiger charge is -2.06. The van der Waals surface area contributed by atoms with Gasteiger partial charge in [0, 0.05) is 5.39 Å². The molecule has 0 saturated carbocycles. The monoisotopic (exact) mass is 252 g/mol. The van der Waals surface area contributed by atoms with Crippen molar-refractivity contribution in [3.63, 3.8) is 0 Å². The average Bonchev–Trinajstić information content (AvgIpc) is 2.75. The van der Waals surface area contributed by atoms with Crippen molar-refractivity contribution in [3.8, 4) is 0 Å². The van der Waals surface area contributed by atoms with Gasteiger partial charge in [-0.2, -0.15) is 0 Å². The Hall–Kier alpha value is -0.990. The summed E-state index contributed by atoms with van der Waals surface area (Å²) in [5, 5.41) is 11.5. The summed E-state index contributed by atoms with van der Waals surface area (Å²) in [6.07, 6.45) is 3.52. The Morgan fingerprint density at radius 1 is 1.35 bits per heavy atom. The summed E-state index contributed by atoms with van der Waals surface area (Å²) in [5.74, 6) is 0.615. The van der Waals surface area contributed by atoms with Crippen molar-refractivity contribution in [3.05, 3.63) is 35.0 Å². The van der Waals surface area contributed by atoms with Crippen LogP contribution in [0.5, 0.6) is 0 Å². The molecular formula is C14H17ClO2. The Bertz CT molecular complexity index is 490. The third-order valence-corrected chi connectivity index (χ3v) is 3.22. The van der Waals surface area contributed by atoms with Gasteiger partial charge in [-0.05, 0) is 18.6 Å². The summed E-state index contributed by atoms with van der Waals surface area (Å²) >= 11 is 6.03. The molecule has 1 aromatic heterocycles. The number of fused-ring (bicyclic) bond motifs is 1. The second-order valence-corrected chi connectivity index (χ2v) is 4.73. The number of aliphatic hydroxyl groups is 1. The van der Waals surface area contributed by atoms with Crippen LogP contribution >= 0.6 is 11.6 Å². The van der Waals surface area contributed by atoms with Crippen LogP contribution in [-0.4, -0.2) is 5.11 Å².